The van der Waals surface area contributed by atoms with Crippen LogP contribution >= 0.6 is 0 Å². The quantitative estimate of drug-likeness (QED) is 0.942. The molecule has 5 nitrogen and oxygen atoms in total. The van der Waals surface area contributed by atoms with E-state index < -0.39 is 0 Å². The Kier molecular flexibility index (Phi) is 4.04. The molecule has 114 valence electrons. The van der Waals surface area contributed by atoms with Crippen LogP contribution in [0.3, 0.4) is 0 Å². The monoisotopic (exact) mass is 296 g/mol. The van der Waals surface area contributed by atoms with Crippen LogP contribution in [0.1, 0.15) is 29.9 Å². The van der Waals surface area contributed by atoms with E-state index in [1.165, 1.54) is 11.3 Å². The van der Waals surface area contributed by atoms with Crippen LogP contribution in [0.25, 0.3) is 0 Å². The molecule has 1 aromatic heterocycles. The number of benzene rings is 1. The molecule has 0 aliphatic carbocycles. The maximum atomic E-state index is 12.0. The van der Waals surface area contributed by atoms with Crippen molar-refractivity contribution in [3.8, 4) is 0 Å². The third kappa shape index (κ3) is 2.93. The van der Waals surface area contributed by atoms with Gasteiger partial charge in [-0.2, -0.15) is 0 Å². The van der Waals surface area contributed by atoms with E-state index >= 15 is 0 Å². The van der Waals surface area contributed by atoms with E-state index in [0.717, 1.165) is 18.8 Å². The van der Waals surface area contributed by atoms with Gasteiger partial charge in [0.2, 0.25) is 0 Å². The van der Waals surface area contributed by atoms with Gasteiger partial charge < -0.3 is 10.2 Å². The molecular weight excluding hydrogens is 276 g/mol. The lowest BCUT2D eigenvalue weighted by molar-refractivity contribution is 0.0943. The molecule has 0 saturated carbocycles. The smallest absolute Gasteiger partial charge is 0.271 e. The Balaban J connectivity index is 1.74. The number of hydrogen-bond donors (Lipinski definition) is 1. The van der Waals surface area contributed by atoms with E-state index in [1.54, 1.807) is 6.07 Å². The van der Waals surface area contributed by atoms with Gasteiger partial charge in [0.25, 0.3) is 5.91 Å². The Morgan fingerprint density at radius 1 is 1.23 bits per heavy atom. The average molecular weight is 296 g/mol. The summed E-state index contributed by atoms with van der Waals surface area (Å²) in [7, 11) is 0. The molecule has 0 bridgehead atoms. The number of rotatable bonds is 4. The standard InChI is InChI=1S/C17H20N4O/c1-12(2)11-18-17(22)14-7-8-16(20-19-14)21-10-9-13-5-3-4-6-15(13)21/h3-8,12H,9-11H2,1-2H3,(H,18,22). The van der Waals surface area contributed by atoms with Gasteiger partial charge in [0.15, 0.2) is 11.5 Å². The Hall–Kier alpha value is -2.43. The van der Waals surface area contributed by atoms with E-state index in [-0.39, 0.29) is 5.91 Å². The van der Waals surface area contributed by atoms with Crippen molar-refractivity contribution in [1.29, 1.82) is 0 Å². The van der Waals surface area contributed by atoms with E-state index in [4.69, 9.17) is 0 Å². The largest absolute Gasteiger partial charge is 0.350 e. The van der Waals surface area contributed by atoms with Gasteiger partial charge in [0.05, 0.1) is 0 Å². The minimum Gasteiger partial charge on any atom is -0.350 e. The maximum absolute atomic E-state index is 12.0. The van der Waals surface area contributed by atoms with Crippen molar-refractivity contribution in [3.63, 3.8) is 0 Å². The molecule has 0 radical (unpaired) electrons. The number of carbonyl (C=O) groups is 1. The van der Waals surface area contributed by atoms with Crippen LogP contribution in [-0.4, -0.2) is 29.2 Å². The second-order valence-corrected chi connectivity index (χ2v) is 5.91. The molecule has 1 aromatic carbocycles. The minimum atomic E-state index is -0.172. The average Bonchev–Trinajstić information content (AvgIpc) is 2.97. The first-order chi connectivity index (χ1) is 10.6. The van der Waals surface area contributed by atoms with Gasteiger partial charge in [-0.1, -0.05) is 32.0 Å². The number of anilines is 2. The van der Waals surface area contributed by atoms with Gasteiger partial charge in [-0.15, -0.1) is 10.2 Å². The Labute approximate surface area is 130 Å². The molecule has 2 aromatic rings. The summed E-state index contributed by atoms with van der Waals surface area (Å²) < 4.78 is 0. The van der Waals surface area contributed by atoms with Gasteiger partial charge in [-0.3, -0.25) is 4.79 Å². The van der Waals surface area contributed by atoms with Crippen LogP contribution in [0.2, 0.25) is 0 Å². The molecule has 3 rings (SSSR count). The SMILES string of the molecule is CC(C)CNC(=O)c1ccc(N2CCc3ccccc32)nn1. The molecule has 2 heterocycles. The number of hydrogen-bond acceptors (Lipinski definition) is 4. The summed E-state index contributed by atoms with van der Waals surface area (Å²) in [6, 6.07) is 11.9. The van der Waals surface area contributed by atoms with Crippen LogP contribution < -0.4 is 10.2 Å². The van der Waals surface area contributed by atoms with Gasteiger partial charge in [-0.25, -0.2) is 0 Å². The minimum absolute atomic E-state index is 0.172. The molecule has 0 spiro atoms. The molecule has 0 atom stereocenters. The number of nitrogens with zero attached hydrogens (tertiary/aromatic N) is 3. The van der Waals surface area contributed by atoms with Crippen LogP contribution in [-0.2, 0) is 6.42 Å². The lowest BCUT2D eigenvalue weighted by Crippen LogP contribution is -2.28. The van der Waals surface area contributed by atoms with E-state index in [2.05, 4.69) is 52.5 Å². The zero-order valence-corrected chi connectivity index (χ0v) is 12.9. The summed E-state index contributed by atoms with van der Waals surface area (Å²) in [6.07, 6.45) is 1.01. The first kappa shape index (κ1) is 14.5. The number of amides is 1. The lowest BCUT2D eigenvalue weighted by Gasteiger charge is -2.17. The fourth-order valence-corrected chi connectivity index (χ4v) is 2.55. The summed E-state index contributed by atoms with van der Waals surface area (Å²) in [4.78, 5) is 14.1. The second-order valence-electron chi connectivity index (χ2n) is 5.91. The predicted molar refractivity (Wildman–Crippen MR) is 86.4 cm³/mol. The van der Waals surface area contributed by atoms with Crippen molar-refractivity contribution in [3.05, 3.63) is 47.7 Å². The molecule has 0 fully saturated rings. The number of aromatic nitrogens is 2. The van der Waals surface area contributed by atoms with Crippen molar-refractivity contribution in [2.45, 2.75) is 20.3 Å². The summed E-state index contributed by atoms with van der Waals surface area (Å²) >= 11 is 0. The summed E-state index contributed by atoms with van der Waals surface area (Å²) in [5.74, 6) is 1.03. The highest BCUT2D eigenvalue weighted by atomic mass is 16.1. The normalized spacial score (nSPS) is 13.3. The van der Waals surface area contributed by atoms with Crippen molar-refractivity contribution in [2.24, 2.45) is 5.92 Å². The molecule has 1 amide bonds. The number of carbonyl (C=O) groups excluding carboxylic acids is 1. The fourth-order valence-electron chi connectivity index (χ4n) is 2.55. The highest BCUT2D eigenvalue weighted by molar-refractivity contribution is 5.92. The third-order valence-electron chi connectivity index (χ3n) is 3.72. The topological polar surface area (TPSA) is 58.1 Å². The van der Waals surface area contributed by atoms with Gasteiger partial charge in [0.1, 0.15) is 0 Å². The maximum Gasteiger partial charge on any atom is 0.271 e. The first-order valence-corrected chi connectivity index (χ1v) is 7.62. The van der Waals surface area contributed by atoms with Gasteiger partial charge >= 0.3 is 0 Å². The zero-order valence-electron chi connectivity index (χ0n) is 12.9. The predicted octanol–water partition coefficient (Wildman–Crippen LogP) is 2.56. The summed E-state index contributed by atoms with van der Waals surface area (Å²) in [6.45, 7) is 5.65. The van der Waals surface area contributed by atoms with Crippen LogP contribution in [0.4, 0.5) is 11.5 Å². The lowest BCUT2D eigenvalue weighted by atomic mass is 10.2. The van der Waals surface area contributed by atoms with E-state index in [9.17, 15) is 4.79 Å². The fraction of sp³-hybridized carbons (Fsp3) is 0.353. The van der Waals surface area contributed by atoms with Crippen molar-refractivity contribution < 1.29 is 4.79 Å². The molecule has 5 heteroatoms. The number of para-hydroxylation sites is 1. The summed E-state index contributed by atoms with van der Waals surface area (Å²) in [5.41, 5.74) is 2.86. The second kappa shape index (κ2) is 6.13. The molecule has 22 heavy (non-hydrogen) atoms. The molecule has 1 aliphatic heterocycles. The van der Waals surface area contributed by atoms with Gasteiger partial charge in [-0.05, 0) is 36.1 Å². The van der Waals surface area contributed by atoms with E-state index in [0.29, 0.717) is 18.2 Å². The highest BCUT2D eigenvalue weighted by Crippen LogP contribution is 2.32. The van der Waals surface area contributed by atoms with Crippen LogP contribution in [0.15, 0.2) is 36.4 Å². The molecule has 1 N–H and O–H groups in total. The van der Waals surface area contributed by atoms with Crippen LogP contribution in [0.5, 0.6) is 0 Å². The molecular formula is C17H20N4O. The molecule has 0 unspecified atom stereocenters. The van der Waals surface area contributed by atoms with E-state index in [1.807, 2.05) is 12.1 Å². The number of nitrogens with one attached hydrogen (secondary N) is 1. The molecule has 0 saturated heterocycles. The first-order valence-electron chi connectivity index (χ1n) is 7.62. The Morgan fingerprint density at radius 2 is 2.05 bits per heavy atom. The van der Waals surface area contributed by atoms with Gasteiger partial charge in [0, 0.05) is 18.8 Å². The molecule has 1 aliphatic rings. The van der Waals surface area contributed by atoms with Crippen LogP contribution in [0, 0.1) is 5.92 Å². The third-order valence-corrected chi connectivity index (χ3v) is 3.72. The van der Waals surface area contributed by atoms with Crippen molar-refractivity contribution in [2.75, 3.05) is 18.0 Å². The van der Waals surface area contributed by atoms with Crippen molar-refractivity contribution >= 4 is 17.4 Å². The summed E-state index contributed by atoms with van der Waals surface area (Å²) in [5, 5.41) is 11.1. The number of fused-ring (bicyclic) bond motifs is 1. The van der Waals surface area contributed by atoms with Crippen molar-refractivity contribution in [1.82, 2.24) is 15.5 Å². The zero-order chi connectivity index (χ0) is 15.5. The Morgan fingerprint density at radius 3 is 2.77 bits per heavy atom. The highest BCUT2D eigenvalue weighted by Gasteiger charge is 2.21. The Bertz CT molecular complexity index is 667.